The maximum absolute atomic E-state index is 13.3. The van der Waals surface area contributed by atoms with Gasteiger partial charge in [-0.3, -0.25) is 4.79 Å². The lowest BCUT2D eigenvalue weighted by Gasteiger charge is -2.34. The van der Waals surface area contributed by atoms with Crippen LogP contribution in [0.4, 0.5) is 0 Å². The minimum absolute atomic E-state index is 0.0539. The number of likely N-dealkylation sites (tertiary alicyclic amines) is 1. The Morgan fingerprint density at radius 2 is 2.10 bits per heavy atom. The van der Waals surface area contributed by atoms with Gasteiger partial charge in [0, 0.05) is 18.0 Å². The third kappa shape index (κ3) is 4.30. The van der Waals surface area contributed by atoms with E-state index >= 15 is 0 Å². The molecule has 5 nitrogen and oxygen atoms in total. The Kier molecular flexibility index (Phi) is 5.86. The number of hydrogen-bond acceptors (Lipinski definition) is 4. The number of carbonyl (C=O) groups is 1. The fourth-order valence-corrected chi connectivity index (χ4v) is 4.03. The number of rotatable bonds is 5. The molecule has 2 heterocycles. The molecule has 1 saturated heterocycles. The van der Waals surface area contributed by atoms with Crippen molar-refractivity contribution in [2.45, 2.75) is 31.7 Å². The molecule has 1 aromatic heterocycles. The van der Waals surface area contributed by atoms with E-state index in [1.165, 1.54) is 0 Å². The minimum Gasteiger partial charge on any atom is -0.496 e. The number of piperidine rings is 1. The molecule has 3 aromatic rings. The molecule has 1 atom stereocenters. The Morgan fingerprint density at radius 1 is 1.24 bits per heavy atom. The Labute approximate surface area is 175 Å². The number of nitrogens with zero attached hydrogens (tertiary/aromatic N) is 2. The van der Waals surface area contributed by atoms with Crippen molar-refractivity contribution in [1.29, 1.82) is 0 Å². The molecule has 0 saturated carbocycles. The molecule has 1 fully saturated rings. The Bertz CT molecular complexity index is 1000. The average molecular weight is 411 g/mol. The van der Waals surface area contributed by atoms with E-state index in [1.54, 1.807) is 25.4 Å². The number of oxazole rings is 1. The molecule has 1 aliphatic rings. The van der Waals surface area contributed by atoms with Gasteiger partial charge >= 0.3 is 0 Å². The van der Waals surface area contributed by atoms with Crippen molar-refractivity contribution < 1.29 is 13.9 Å². The first-order valence-corrected chi connectivity index (χ1v) is 10.2. The highest BCUT2D eigenvalue weighted by Gasteiger charge is 2.33. The highest BCUT2D eigenvalue weighted by Crippen LogP contribution is 2.33. The van der Waals surface area contributed by atoms with Crippen LogP contribution in [-0.4, -0.2) is 29.4 Å². The zero-order chi connectivity index (χ0) is 20.2. The van der Waals surface area contributed by atoms with Gasteiger partial charge in [0.2, 0.25) is 5.89 Å². The summed E-state index contributed by atoms with van der Waals surface area (Å²) in [6.07, 6.45) is 5.19. The monoisotopic (exact) mass is 410 g/mol. The molecule has 1 aliphatic heterocycles. The molecule has 29 heavy (non-hydrogen) atoms. The van der Waals surface area contributed by atoms with Crippen molar-refractivity contribution in [2.75, 3.05) is 13.7 Å². The quantitative estimate of drug-likeness (QED) is 0.573. The summed E-state index contributed by atoms with van der Waals surface area (Å²) < 4.78 is 11.4. The molecule has 2 aromatic carbocycles. The summed E-state index contributed by atoms with van der Waals surface area (Å²) in [4.78, 5) is 19.6. The summed E-state index contributed by atoms with van der Waals surface area (Å²) in [5.41, 5.74) is 1.62. The molecule has 4 rings (SSSR count). The molecule has 0 radical (unpaired) electrons. The predicted octanol–water partition coefficient (Wildman–Crippen LogP) is 5.29. The summed E-state index contributed by atoms with van der Waals surface area (Å²) in [5.74, 6) is 1.88. The van der Waals surface area contributed by atoms with E-state index in [1.807, 2.05) is 41.3 Å². The maximum atomic E-state index is 13.3. The normalized spacial score (nSPS) is 16.6. The summed E-state index contributed by atoms with van der Waals surface area (Å²) in [7, 11) is 1.58. The van der Waals surface area contributed by atoms with Crippen LogP contribution in [0.1, 0.15) is 52.9 Å². The number of amides is 1. The van der Waals surface area contributed by atoms with E-state index in [0.29, 0.717) is 35.2 Å². The first kappa shape index (κ1) is 19.5. The molecule has 1 amide bonds. The smallest absolute Gasteiger partial charge is 0.258 e. The Balaban J connectivity index is 1.56. The number of hydrogen-bond donors (Lipinski definition) is 0. The van der Waals surface area contributed by atoms with Gasteiger partial charge < -0.3 is 14.1 Å². The second-order valence-electron chi connectivity index (χ2n) is 7.18. The van der Waals surface area contributed by atoms with Gasteiger partial charge in [0.1, 0.15) is 17.6 Å². The van der Waals surface area contributed by atoms with Crippen LogP contribution < -0.4 is 4.74 Å². The van der Waals surface area contributed by atoms with Gasteiger partial charge in [0.05, 0.1) is 18.9 Å². The molecule has 0 spiro atoms. The van der Waals surface area contributed by atoms with Crippen LogP contribution in [0.15, 0.2) is 59.1 Å². The largest absolute Gasteiger partial charge is 0.496 e. The van der Waals surface area contributed by atoms with Crippen LogP contribution >= 0.6 is 11.6 Å². The first-order valence-electron chi connectivity index (χ1n) is 9.78. The first-order chi connectivity index (χ1) is 14.2. The molecule has 150 valence electrons. The van der Waals surface area contributed by atoms with Crippen molar-refractivity contribution in [3.05, 3.63) is 82.5 Å². The van der Waals surface area contributed by atoms with Crippen molar-refractivity contribution >= 4 is 17.5 Å². The number of methoxy groups -OCH3 is 1. The molecular formula is C23H23ClN2O3. The lowest BCUT2D eigenvalue weighted by molar-refractivity contribution is 0.0566. The van der Waals surface area contributed by atoms with E-state index in [-0.39, 0.29) is 11.9 Å². The summed E-state index contributed by atoms with van der Waals surface area (Å²) in [5, 5.41) is 0.697. The van der Waals surface area contributed by atoms with Crippen LogP contribution in [-0.2, 0) is 6.42 Å². The highest BCUT2D eigenvalue weighted by atomic mass is 35.5. The topological polar surface area (TPSA) is 55.6 Å². The average Bonchev–Trinajstić information content (AvgIpc) is 3.21. The predicted molar refractivity (Wildman–Crippen MR) is 111 cm³/mol. The molecule has 6 heteroatoms. The minimum atomic E-state index is -0.172. The summed E-state index contributed by atoms with van der Waals surface area (Å²) in [6, 6.07) is 14.8. The molecule has 0 aliphatic carbocycles. The SMILES string of the molecule is COc1ccccc1C(=O)N1CCCC[C@@H]1c1ncc(Cc2cccc(Cl)c2)o1. The van der Waals surface area contributed by atoms with Crippen LogP contribution in [0.25, 0.3) is 0 Å². The number of carbonyl (C=O) groups excluding carboxylic acids is 1. The third-order valence-corrected chi connectivity index (χ3v) is 5.46. The zero-order valence-electron chi connectivity index (χ0n) is 16.3. The highest BCUT2D eigenvalue weighted by molar-refractivity contribution is 6.30. The van der Waals surface area contributed by atoms with Gasteiger partial charge in [-0.25, -0.2) is 4.98 Å². The van der Waals surface area contributed by atoms with Gasteiger partial charge in [0.25, 0.3) is 5.91 Å². The molecule has 0 unspecified atom stereocenters. The number of para-hydroxylation sites is 1. The standard InChI is InChI=1S/C23H23ClN2O3/c1-28-21-11-3-2-9-19(21)23(27)26-12-5-4-10-20(26)22-25-15-18(29-22)14-16-7-6-8-17(24)13-16/h2-3,6-9,11,13,15,20H,4-5,10,12,14H2,1H3/t20-/m1/s1. The van der Waals surface area contributed by atoms with Crippen LogP contribution in [0.5, 0.6) is 5.75 Å². The maximum Gasteiger partial charge on any atom is 0.258 e. The Morgan fingerprint density at radius 3 is 2.93 bits per heavy atom. The van der Waals surface area contributed by atoms with E-state index in [2.05, 4.69) is 4.98 Å². The van der Waals surface area contributed by atoms with Gasteiger partial charge in [-0.1, -0.05) is 35.9 Å². The number of aromatic nitrogens is 1. The van der Waals surface area contributed by atoms with Crippen molar-refractivity contribution in [3.63, 3.8) is 0 Å². The van der Waals surface area contributed by atoms with E-state index < -0.39 is 0 Å². The third-order valence-electron chi connectivity index (χ3n) is 5.22. The van der Waals surface area contributed by atoms with Crippen LogP contribution in [0, 0.1) is 0 Å². The second kappa shape index (κ2) is 8.70. The molecule has 0 bridgehead atoms. The fourth-order valence-electron chi connectivity index (χ4n) is 3.81. The number of benzene rings is 2. The lowest BCUT2D eigenvalue weighted by Crippen LogP contribution is -2.38. The van der Waals surface area contributed by atoms with Crippen molar-refractivity contribution in [2.24, 2.45) is 0 Å². The van der Waals surface area contributed by atoms with Gasteiger partial charge in [0.15, 0.2) is 0 Å². The van der Waals surface area contributed by atoms with E-state index in [4.69, 9.17) is 20.8 Å². The zero-order valence-corrected chi connectivity index (χ0v) is 17.1. The number of ether oxygens (including phenoxy) is 1. The molecular weight excluding hydrogens is 388 g/mol. The van der Waals surface area contributed by atoms with Crippen LogP contribution in [0.2, 0.25) is 5.02 Å². The van der Waals surface area contributed by atoms with E-state index in [0.717, 1.165) is 30.6 Å². The van der Waals surface area contributed by atoms with E-state index in [9.17, 15) is 4.79 Å². The second-order valence-corrected chi connectivity index (χ2v) is 7.62. The van der Waals surface area contributed by atoms with Gasteiger partial charge in [-0.05, 0) is 49.1 Å². The van der Waals surface area contributed by atoms with Gasteiger partial charge in [-0.2, -0.15) is 0 Å². The fraction of sp³-hybridized carbons (Fsp3) is 0.304. The molecule has 0 N–H and O–H groups in total. The van der Waals surface area contributed by atoms with Gasteiger partial charge in [-0.15, -0.1) is 0 Å². The van der Waals surface area contributed by atoms with Crippen molar-refractivity contribution in [3.8, 4) is 5.75 Å². The lowest BCUT2D eigenvalue weighted by atomic mass is 10.0. The van der Waals surface area contributed by atoms with Crippen molar-refractivity contribution in [1.82, 2.24) is 9.88 Å². The number of halogens is 1. The summed E-state index contributed by atoms with van der Waals surface area (Å²) in [6.45, 7) is 0.674. The van der Waals surface area contributed by atoms with Crippen LogP contribution in [0.3, 0.4) is 0 Å². The Hall–Kier alpha value is -2.79. The summed E-state index contributed by atoms with van der Waals surface area (Å²) >= 11 is 6.07.